The summed E-state index contributed by atoms with van der Waals surface area (Å²) >= 11 is 0. The normalized spacial score (nSPS) is 10.9. The van der Waals surface area contributed by atoms with Gasteiger partial charge in [0, 0.05) is 5.56 Å². The van der Waals surface area contributed by atoms with E-state index >= 15 is 0 Å². The molecule has 1 amide bonds. The van der Waals surface area contributed by atoms with E-state index in [0.717, 1.165) is 22.3 Å². The highest BCUT2D eigenvalue weighted by Gasteiger charge is 2.10. The molecule has 28 heavy (non-hydrogen) atoms. The van der Waals surface area contributed by atoms with Gasteiger partial charge in [0.2, 0.25) is 0 Å². The van der Waals surface area contributed by atoms with E-state index in [1.807, 2.05) is 72.8 Å². The number of hydrazone groups is 1. The van der Waals surface area contributed by atoms with Crippen LogP contribution in [-0.2, 0) is 0 Å². The Bertz CT molecular complexity index is 1080. The minimum absolute atomic E-state index is 0.341. The first-order valence-corrected chi connectivity index (χ1v) is 8.89. The van der Waals surface area contributed by atoms with Crippen LogP contribution >= 0.6 is 0 Å². The highest BCUT2D eigenvalue weighted by molar-refractivity contribution is 5.94. The van der Waals surface area contributed by atoms with Crippen LogP contribution in [-0.4, -0.2) is 22.3 Å². The Kier molecular flexibility index (Phi) is 5.06. The number of rotatable bonds is 5. The van der Waals surface area contributed by atoms with Gasteiger partial charge in [-0.15, -0.1) is 0 Å². The van der Waals surface area contributed by atoms with Crippen molar-refractivity contribution in [2.24, 2.45) is 5.10 Å². The van der Waals surface area contributed by atoms with Crippen LogP contribution in [0.1, 0.15) is 16.1 Å². The lowest BCUT2D eigenvalue weighted by Crippen LogP contribution is -2.17. The van der Waals surface area contributed by atoms with Crippen LogP contribution in [0.4, 0.5) is 0 Å². The molecule has 0 saturated heterocycles. The number of aromatic amines is 1. The summed E-state index contributed by atoms with van der Waals surface area (Å²) in [6.07, 6.45) is 1.59. The van der Waals surface area contributed by atoms with E-state index in [0.29, 0.717) is 11.4 Å². The van der Waals surface area contributed by atoms with Crippen LogP contribution in [0.3, 0.4) is 0 Å². The predicted octanol–water partition coefficient (Wildman–Crippen LogP) is 4.51. The van der Waals surface area contributed by atoms with Crippen molar-refractivity contribution in [2.45, 2.75) is 0 Å². The van der Waals surface area contributed by atoms with Gasteiger partial charge in [0.1, 0.15) is 5.69 Å². The fraction of sp³-hybridized carbons (Fsp3) is 0. The molecule has 3 aromatic carbocycles. The third-order valence-corrected chi connectivity index (χ3v) is 4.29. The Morgan fingerprint density at radius 3 is 2.14 bits per heavy atom. The van der Waals surface area contributed by atoms with Crippen LogP contribution in [0.25, 0.3) is 22.4 Å². The van der Waals surface area contributed by atoms with Gasteiger partial charge in [0.25, 0.3) is 5.91 Å². The molecule has 0 atom stereocenters. The average molecular weight is 366 g/mol. The highest BCUT2D eigenvalue weighted by Crippen LogP contribution is 2.24. The maximum Gasteiger partial charge on any atom is 0.289 e. The lowest BCUT2D eigenvalue weighted by atomic mass is 10.0. The SMILES string of the molecule is O=C(N/N=C/c1ccccc1)c1cc(-c2ccc(-c3ccccc3)cc2)n[nH]1. The Hall–Kier alpha value is -3.99. The quantitative estimate of drug-likeness (QED) is 0.403. The summed E-state index contributed by atoms with van der Waals surface area (Å²) in [5.41, 5.74) is 7.70. The molecule has 136 valence electrons. The summed E-state index contributed by atoms with van der Waals surface area (Å²) in [6, 6.07) is 29.5. The molecule has 0 spiro atoms. The van der Waals surface area contributed by atoms with Crippen LogP contribution < -0.4 is 5.43 Å². The number of aromatic nitrogens is 2. The molecule has 0 saturated carbocycles. The summed E-state index contributed by atoms with van der Waals surface area (Å²) in [4.78, 5) is 12.2. The van der Waals surface area contributed by atoms with Gasteiger partial charge >= 0.3 is 0 Å². The van der Waals surface area contributed by atoms with E-state index in [2.05, 4.69) is 32.9 Å². The number of nitrogens with one attached hydrogen (secondary N) is 2. The summed E-state index contributed by atoms with van der Waals surface area (Å²) in [5.74, 6) is -0.341. The third-order valence-electron chi connectivity index (χ3n) is 4.29. The number of H-pyrrole nitrogens is 1. The minimum atomic E-state index is -0.341. The van der Waals surface area contributed by atoms with Crippen LogP contribution in [0.2, 0.25) is 0 Å². The summed E-state index contributed by atoms with van der Waals surface area (Å²) in [6.45, 7) is 0. The van der Waals surface area contributed by atoms with Gasteiger partial charge in [0.05, 0.1) is 11.9 Å². The first-order chi connectivity index (χ1) is 13.8. The van der Waals surface area contributed by atoms with Gasteiger partial charge in [-0.25, -0.2) is 5.43 Å². The van der Waals surface area contributed by atoms with Crippen molar-refractivity contribution < 1.29 is 4.79 Å². The number of amides is 1. The minimum Gasteiger partial charge on any atom is -0.272 e. The number of hydrogen-bond donors (Lipinski definition) is 2. The fourth-order valence-electron chi connectivity index (χ4n) is 2.81. The van der Waals surface area contributed by atoms with E-state index in [1.54, 1.807) is 12.3 Å². The smallest absolute Gasteiger partial charge is 0.272 e. The van der Waals surface area contributed by atoms with Crippen molar-refractivity contribution in [2.75, 3.05) is 0 Å². The number of hydrogen-bond acceptors (Lipinski definition) is 3. The van der Waals surface area contributed by atoms with E-state index in [1.165, 1.54) is 0 Å². The maximum absolute atomic E-state index is 12.2. The Balaban J connectivity index is 1.44. The molecule has 0 aliphatic heterocycles. The van der Waals surface area contributed by atoms with Gasteiger partial charge in [-0.3, -0.25) is 9.89 Å². The molecule has 0 unspecified atom stereocenters. The molecule has 0 fully saturated rings. The van der Waals surface area contributed by atoms with Crippen LogP contribution in [0, 0.1) is 0 Å². The van der Waals surface area contributed by atoms with E-state index in [-0.39, 0.29) is 5.91 Å². The summed E-state index contributed by atoms with van der Waals surface area (Å²) in [7, 11) is 0. The molecular formula is C23H18N4O. The van der Waals surface area contributed by atoms with Crippen molar-refractivity contribution in [1.29, 1.82) is 0 Å². The van der Waals surface area contributed by atoms with Crippen LogP contribution in [0.15, 0.2) is 96.1 Å². The predicted molar refractivity (Wildman–Crippen MR) is 111 cm³/mol. The average Bonchev–Trinajstić information content (AvgIpc) is 3.26. The molecule has 4 rings (SSSR count). The zero-order valence-corrected chi connectivity index (χ0v) is 15.0. The van der Waals surface area contributed by atoms with Crippen molar-refractivity contribution in [1.82, 2.24) is 15.6 Å². The van der Waals surface area contributed by atoms with Crippen molar-refractivity contribution >= 4 is 12.1 Å². The second-order valence-electron chi connectivity index (χ2n) is 6.22. The second-order valence-corrected chi connectivity index (χ2v) is 6.22. The Morgan fingerprint density at radius 1 is 0.821 bits per heavy atom. The maximum atomic E-state index is 12.2. The topological polar surface area (TPSA) is 70.1 Å². The van der Waals surface area contributed by atoms with Gasteiger partial charge in [-0.1, -0.05) is 84.9 Å². The van der Waals surface area contributed by atoms with E-state index < -0.39 is 0 Å². The van der Waals surface area contributed by atoms with Gasteiger partial charge in [0.15, 0.2) is 0 Å². The van der Waals surface area contributed by atoms with Gasteiger partial charge < -0.3 is 0 Å². The largest absolute Gasteiger partial charge is 0.289 e. The highest BCUT2D eigenvalue weighted by atomic mass is 16.2. The van der Waals surface area contributed by atoms with Crippen molar-refractivity contribution in [3.05, 3.63) is 102 Å². The zero-order valence-electron chi connectivity index (χ0n) is 15.0. The lowest BCUT2D eigenvalue weighted by Gasteiger charge is -2.02. The van der Waals surface area contributed by atoms with Gasteiger partial charge in [-0.2, -0.15) is 10.2 Å². The molecule has 1 heterocycles. The summed E-state index contributed by atoms with van der Waals surface area (Å²) in [5, 5.41) is 11.0. The Morgan fingerprint density at radius 2 is 1.43 bits per heavy atom. The monoisotopic (exact) mass is 366 g/mol. The van der Waals surface area contributed by atoms with Crippen LogP contribution in [0.5, 0.6) is 0 Å². The summed E-state index contributed by atoms with van der Waals surface area (Å²) < 4.78 is 0. The molecule has 0 bridgehead atoms. The van der Waals surface area contributed by atoms with E-state index in [9.17, 15) is 4.79 Å². The Labute approximate surface area is 162 Å². The second kappa shape index (κ2) is 8.14. The molecule has 0 radical (unpaired) electrons. The molecular weight excluding hydrogens is 348 g/mol. The number of carbonyl (C=O) groups excluding carboxylic acids is 1. The molecule has 5 nitrogen and oxygen atoms in total. The van der Waals surface area contributed by atoms with Gasteiger partial charge in [-0.05, 0) is 22.8 Å². The van der Waals surface area contributed by atoms with Crippen molar-refractivity contribution in [3.63, 3.8) is 0 Å². The molecule has 5 heteroatoms. The molecule has 0 aliphatic rings. The standard InChI is InChI=1S/C23H18N4O/c28-23(27-24-16-17-7-3-1-4-8-17)22-15-21(25-26-22)20-13-11-19(12-14-20)18-9-5-2-6-10-18/h1-16H,(H,25,26)(H,27,28)/b24-16+. The number of carbonyl (C=O) groups is 1. The first-order valence-electron chi connectivity index (χ1n) is 8.89. The molecule has 1 aromatic heterocycles. The first kappa shape index (κ1) is 17.4. The molecule has 2 N–H and O–H groups in total. The molecule has 0 aliphatic carbocycles. The lowest BCUT2D eigenvalue weighted by molar-refractivity contribution is 0.0950. The number of benzene rings is 3. The van der Waals surface area contributed by atoms with E-state index in [4.69, 9.17) is 0 Å². The zero-order chi connectivity index (χ0) is 19.2. The fourth-order valence-corrected chi connectivity index (χ4v) is 2.81. The molecule has 4 aromatic rings. The third kappa shape index (κ3) is 4.04. The van der Waals surface area contributed by atoms with Crippen molar-refractivity contribution in [3.8, 4) is 22.4 Å². The number of nitrogens with zero attached hydrogens (tertiary/aromatic N) is 2.